The zero-order valence-electron chi connectivity index (χ0n) is 6.40. The third-order valence-electron chi connectivity index (χ3n) is 0.577. The van der Waals surface area contributed by atoms with Crippen LogP contribution < -0.4 is 9.79 Å². The van der Waals surface area contributed by atoms with Crippen molar-refractivity contribution in [2.75, 3.05) is 12.3 Å². The van der Waals surface area contributed by atoms with E-state index in [-0.39, 0.29) is 17.1 Å². The first-order chi connectivity index (χ1) is 4.54. The summed E-state index contributed by atoms with van der Waals surface area (Å²) in [5, 5.41) is 0. The van der Waals surface area contributed by atoms with Crippen molar-refractivity contribution >= 4 is 16.1 Å². The molecule has 0 spiro atoms. The molecule has 0 aliphatic heterocycles. The van der Waals surface area contributed by atoms with Gasteiger partial charge in [0.1, 0.15) is 0 Å². The Morgan fingerprint density at radius 2 is 1.09 bits per heavy atom. The predicted octanol–water partition coefficient (Wildman–Crippen LogP) is -0.320. The van der Waals surface area contributed by atoms with E-state index in [1.54, 1.807) is 13.8 Å². The van der Waals surface area contributed by atoms with Crippen LogP contribution in [0.2, 0.25) is 0 Å². The van der Waals surface area contributed by atoms with Crippen LogP contribution in [0.4, 0.5) is 0 Å². The van der Waals surface area contributed by atoms with Gasteiger partial charge in [-0.25, -0.2) is 0 Å². The Labute approximate surface area is 78.6 Å². The molecule has 4 nitrogen and oxygen atoms in total. The summed E-state index contributed by atoms with van der Waals surface area (Å²) >= 11 is 0. The van der Waals surface area contributed by atoms with Crippen molar-refractivity contribution in [1.29, 1.82) is 0 Å². The third kappa shape index (κ3) is 36.0. The van der Waals surface area contributed by atoms with Gasteiger partial charge < -0.3 is 18.9 Å². The summed E-state index contributed by atoms with van der Waals surface area (Å²) in [6.07, 6.45) is 0.593. The molecule has 2 atom stereocenters. The van der Waals surface area contributed by atoms with Crippen molar-refractivity contribution in [3.8, 4) is 0 Å². The van der Waals surface area contributed by atoms with Crippen LogP contribution >= 0.6 is 16.1 Å². The third-order valence-corrected chi connectivity index (χ3v) is 1.73. The van der Waals surface area contributed by atoms with Gasteiger partial charge in [-0.05, 0) is 12.3 Å². The maximum absolute atomic E-state index is 9.44. The van der Waals surface area contributed by atoms with Crippen LogP contribution in [-0.4, -0.2) is 12.3 Å². The molecule has 0 aromatic heterocycles. The summed E-state index contributed by atoms with van der Waals surface area (Å²) in [4.78, 5) is 18.9. The molecule has 0 aromatic rings. The van der Waals surface area contributed by atoms with Gasteiger partial charge in [-0.1, -0.05) is 13.8 Å². The van der Waals surface area contributed by atoms with E-state index in [1.165, 1.54) is 0 Å². The first-order valence-electron chi connectivity index (χ1n) is 2.94. The first kappa shape index (κ1) is 17.8. The van der Waals surface area contributed by atoms with E-state index in [1.807, 2.05) is 0 Å². The van der Waals surface area contributed by atoms with E-state index in [0.29, 0.717) is 12.3 Å². The number of hydrogen-bond acceptors (Lipinski definition) is 4. The summed E-state index contributed by atoms with van der Waals surface area (Å²) in [6, 6.07) is 0. The molecule has 0 N–H and O–H groups in total. The molecule has 70 valence electrons. The molecule has 0 saturated carbocycles. The van der Waals surface area contributed by atoms with Crippen LogP contribution in [-0.2, 0) is 26.2 Å². The molecule has 2 unspecified atom stereocenters. The van der Waals surface area contributed by atoms with E-state index in [9.17, 15) is 18.9 Å². The van der Waals surface area contributed by atoms with E-state index in [4.69, 9.17) is 0 Å². The Morgan fingerprint density at radius 1 is 1.00 bits per heavy atom. The van der Waals surface area contributed by atoms with Crippen LogP contribution in [0.15, 0.2) is 0 Å². The largest absolute Gasteiger partial charge is 2.00 e. The monoisotopic (exact) mass is 242 g/mol. The Kier molecular flexibility index (Phi) is 21.9. The van der Waals surface area contributed by atoms with Crippen LogP contribution in [0, 0.1) is 0 Å². The van der Waals surface area contributed by atoms with Crippen molar-refractivity contribution in [1.82, 2.24) is 0 Å². The fourth-order valence-corrected chi connectivity index (χ4v) is 0. The molecule has 7 heteroatoms. The second kappa shape index (κ2) is 13.5. The van der Waals surface area contributed by atoms with E-state index >= 15 is 0 Å². The van der Waals surface area contributed by atoms with Gasteiger partial charge in [0, 0.05) is 16.1 Å². The smallest absolute Gasteiger partial charge is 0.802 e. The molecule has 0 aliphatic rings. The summed E-state index contributed by atoms with van der Waals surface area (Å²) < 4.78 is 18.9. The maximum atomic E-state index is 9.44. The molecular formula is C4H12FeO4P2. The minimum atomic E-state index is -2.37. The van der Waals surface area contributed by atoms with Crippen molar-refractivity contribution < 1.29 is 36.0 Å². The molecule has 0 aromatic carbocycles. The van der Waals surface area contributed by atoms with Gasteiger partial charge in [0.25, 0.3) is 0 Å². The molecule has 0 rings (SSSR count). The Bertz CT molecular complexity index is 105. The average molecular weight is 242 g/mol. The Balaban J connectivity index is -0.000000107. The molecule has 0 saturated heterocycles. The van der Waals surface area contributed by atoms with Crippen LogP contribution in [0.25, 0.3) is 0 Å². The molecular weight excluding hydrogens is 230 g/mol. The van der Waals surface area contributed by atoms with Crippen LogP contribution in [0.1, 0.15) is 13.8 Å². The molecule has 0 bridgehead atoms. The van der Waals surface area contributed by atoms with Gasteiger partial charge in [0.15, 0.2) is 0 Å². The molecule has 0 radical (unpaired) electrons. The normalized spacial score (nSPS) is 13.5. The fourth-order valence-electron chi connectivity index (χ4n) is 0. The summed E-state index contributed by atoms with van der Waals surface area (Å²) in [5.74, 6) is 0. The standard InChI is InChI=1S/2C2H7O2P.Fe/c2*1-2-5(3)4;/h2*5H,2H2,1H3,(H,3,4);/q;;+2/p-2. The summed E-state index contributed by atoms with van der Waals surface area (Å²) in [7, 11) is -4.75. The quantitative estimate of drug-likeness (QED) is 0.490. The molecule has 0 fully saturated rings. The first-order valence-corrected chi connectivity index (χ1v) is 5.99. The van der Waals surface area contributed by atoms with E-state index in [0.717, 1.165) is 0 Å². The minimum Gasteiger partial charge on any atom is -0.802 e. The Morgan fingerprint density at radius 3 is 1.09 bits per heavy atom. The Hall–Kier alpha value is 0.899. The van der Waals surface area contributed by atoms with Crippen molar-refractivity contribution in [2.24, 2.45) is 0 Å². The zero-order valence-corrected chi connectivity index (χ0v) is 9.50. The maximum Gasteiger partial charge on any atom is 2.00 e. The second-order valence-corrected chi connectivity index (χ2v) is 4.35. The van der Waals surface area contributed by atoms with Crippen LogP contribution in [0.5, 0.6) is 0 Å². The summed E-state index contributed by atoms with van der Waals surface area (Å²) in [6.45, 7) is 3.24. The van der Waals surface area contributed by atoms with Crippen molar-refractivity contribution in [3.63, 3.8) is 0 Å². The van der Waals surface area contributed by atoms with Gasteiger partial charge in [-0.3, -0.25) is 0 Å². The SMILES string of the molecule is CC[PH](=O)[O-].CC[PH](=O)[O-].[Fe+2]. The second-order valence-electron chi connectivity index (χ2n) is 1.45. The van der Waals surface area contributed by atoms with Gasteiger partial charge in [0.05, 0.1) is 0 Å². The number of hydrogen-bond donors (Lipinski definition) is 0. The van der Waals surface area contributed by atoms with E-state index < -0.39 is 16.1 Å². The zero-order chi connectivity index (χ0) is 8.57. The predicted molar refractivity (Wildman–Crippen MR) is 39.1 cm³/mol. The molecule has 0 aliphatic carbocycles. The minimum absolute atomic E-state index is 0. The van der Waals surface area contributed by atoms with E-state index in [2.05, 4.69) is 0 Å². The topological polar surface area (TPSA) is 80.3 Å². The van der Waals surface area contributed by atoms with Gasteiger partial charge in [-0.2, -0.15) is 0 Å². The van der Waals surface area contributed by atoms with Gasteiger partial charge >= 0.3 is 17.1 Å². The molecule has 0 amide bonds. The number of rotatable bonds is 2. The van der Waals surface area contributed by atoms with Crippen LogP contribution in [0.3, 0.4) is 0 Å². The van der Waals surface area contributed by atoms with Crippen molar-refractivity contribution in [3.05, 3.63) is 0 Å². The molecule has 11 heavy (non-hydrogen) atoms. The van der Waals surface area contributed by atoms with Gasteiger partial charge in [0.2, 0.25) is 0 Å². The van der Waals surface area contributed by atoms with Gasteiger partial charge in [-0.15, -0.1) is 0 Å². The average Bonchev–Trinajstić information content (AvgIpc) is 1.89. The van der Waals surface area contributed by atoms with Crippen molar-refractivity contribution in [2.45, 2.75) is 13.8 Å². The fraction of sp³-hybridized carbons (Fsp3) is 1.00. The summed E-state index contributed by atoms with van der Waals surface area (Å²) in [5.41, 5.74) is 0. The molecule has 0 heterocycles.